The van der Waals surface area contributed by atoms with Gasteiger partial charge in [0.2, 0.25) is 17.7 Å². The summed E-state index contributed by atoms with van der Waals surface area (Å²) in [5.74, 6) is -1.84. The number of fused-ring (bicyclic) bond motifs is 1. The Morgan fingerprint density at radius 1 is 1.05 bits per heavy atom. The molecule has 5 atom stereocenters. The number of carbonyl (C=O) groups is 3. The van der Waals surface area contributed by atoms with E-state index in [9.17, 15) is 19.5 Å². The van der Waals surface area contributed by atoms with Crippen molar-refractivity contribution in [2.75, 3.05) is 32.8 Å². The Labute approximate surface area is 245 Å². The van der Waals surface area contributed by atoms with Gasteiger partial charge in [-0.3, -0.25) is 14.4 Å². The lowest BCUT2D eigenvalue weighted by Crippen LogP contribution is -2.56. The monoisotopic (exact) mass is 565 g/mol. The lowest BCUT2D eigenvalue weighted by molar-refractivity contribution is -0.155. The molecule has 1 spiro atoms. The van der Waals surface area contributed by atoms with Crippen molar-refractivity contribution in [2.45, 2.75) is 82.6 Å². The largest absolute Gasteiger partial charge is 0.396 e. The number of benzene rings is 1. The van der Waals surface area contributed by atoms with Gasteiger partial charge in [-0.25, -0.2) is 0 Å². The number of nitrogens with zero attached hydrogens (tertiary/aromatic N) is 3. The average molecular weight is 566 g/mol. The minimum Gasteiger partial charge on any atom is -0.396 e. The zero-order valence-corrected chi connectivity index (χ0v) is 24.8. The summed E-state index contributed by atoms with van der Waals surface area (Å²) in [4.78, 5) is 48.5. The van der Waals surface area contributed by atoms with Crippen LogP contribution in [0.1, 0.15) is 64.4 Å². The highest BCUT2D eigenvalue weighted by Gasteiger charge is 2.79. The van der Waals surface area contributed by atoms with Crippen LogP contribution in [0.25, 0.3) is 0 Å². The summed E-state index contributed by atoms with van der Waals surface area (Å²) in [5.41, 5.74) is -0.850. The molecule has 224 valence electrons. The van der Waals surface area contributed by atoms with Crippen molar-refractivity contribution in [2.24, 2.45) is 11.8 Å². The first kappa shape index (κ1) is 31.0. The van der Waals surface area contributed by atoms with Crippen molar-refractivity contribution < 1.29 is 24.2 Å². The summed E-state index contributed by atoms with van der Waals surface area (Å²) in [6.45, 7) is 13.9. The van der Waals surface area contributed by atoms with Crippen LogP contribution < -0.4 is 0 Å². The quantitative estimate of drug-likeness (QED) is 0.242. The van der Waals surface area contributed by atoms with E-state index in [2.05, 4.69) is 20.1 Å². The zero-order valence-electron chi connectivity index (χ0n) is 24.8. The van der Waals surface area contributed by atoms with Gasteiger partial charge in [-0.1, -0.05) is 62.8 Å². The van der Waals surface area contributed by atoms with E-state index < -0.39 is 29.1 Å². The molecule has 8 nitrogen and oxygen atoms in total. The number of unbranched alkanes of at least 4 members (excludes halogenated alkanes) is 2. The van der Waals surface area contributed by atoms with Gasteiger partial charge in [-0.15, -0.1) is 13.2 Å². The van der Waals surface area contributed by atoms with E-state index in [4.69, 9.17) is 4.74 Å². The number of carbonyl (C=O) groups excluding carboxylic acids is 3. The Balaban J connectivity index is 1.75. The van der Waals surface area contributed by atoms with Gasteiger partial charge in [0.15, 0.2) is 0 Å². The number of aliphatic hydroxyl groups is 1. The molecule has 3 fully saturated rings. The number of rotatable bonds is 16. The van der Waals surface area contributed by atoms with Gasteiger partial charge in [0.05, 0.1) is 17.4 Å². The zero-order chi connectivity index (χ0) is 29.6. The second-order valence-electron chi connectivity index (χ2n) is 11.7. The maximum absolute atomic E-state index is 14.5. The van der Waals surface area contributed by atoms with Crippen LogP contribution in [-0.2, 0) is 25.7 Å². The van der Waals surface area contributed by atoms with Crippen LogP contribution in [0.3, 0.4) is 0 Å². The van der Waals surface area contributed by atoms with Crippen molar-refractivity contribution in [1.29, 1.82) is 0 Å². The Morgan fingerprint density at radius 3 is 2.39 bits per heavy atom. The van der Waals surface area contributed by atoms with Gasteiger partial charge in [-0.2, -0.15) is 0 Å². The molecule has 0 radical (unpaired) electrons. The minimum atomic E-state index is -1.05. The van der Waals surface area contributed by atoms with Gasteiger partial charge in [0.1, 0.15) is 11.6 Å². The fourth-order valence-electron chi connectivity index (χ4n) is 7.37. The second-order valence-corrected chi connectivity index (χ2v) is 11.7. The number of aliphatic hydroxyl groups excluding tert-OH is 1. The highest BCUT2D eigenvalue weighted by atomic mass is 16.5. The van der Waals surface area contributed by atoms with Crippen molar-refractivity contribution in [3.63, 3.8) is 0 Å². The number of ether oxygens (including phenoxy) is 1. The second kappa shape index (κ2) is 13.3. The molecule has 3 amide bonds. The third-order valence-corrected chi connectivity index (χ3v) is 9.31. The molecule has 1 aromatic carbocycles. The molecule has 0 aliphatic carbocycles. The molecule has 3 aliphatic rings. The molecule has 8 heteroatoms. The van der Waals surface area contributed by atoms with Gasteiger partial charge < -0.3 is 24.5 Å². The average Bonchev–Trinajstić information content (AvgIpc) is 3.58. The number of hydrogen-bond acceptors (Lipinski definition) is 5. The van der Waals surface area contributed by atoms with Crippen LogP contribution in [0, 0.1) is 11.8 Å². The Bertz CT molecular complexity index is 1110. The Hall–Kier alpha value is -2.97. The smallest absolute Gasteiger partial charge is 0.248 e. The summed E-state index contributed by atoms with van der Waals surface area (Å²) in [6, 6.07) is 9.01. The summed E-state index contributed by atoms with van der Waals surface area (Å²) in [7, 11) is 0. The number of hydrogen-bond donors (Lipinski definition) is 1. The summed E-state index contributed by atoms with van der Waals surface area (Å²) >= 11 is 0. The van der Waals surface area contributed by atoms with E-state index in [1.165, 1.54) is 0 Å². The fourth-order valence-corrected chi connectivity index (χ4v) is 7.37. The topological polar surface area (TPSA) is 90.4 Å². The first-order chi connectivity index (χ1) is 19.8. The lowest BCUT2D eigenvalue weighted by atomic mass is 9.64. The van der Waals surface area contributed by atoms with Crippen molar-refractivity contribution >= 4 is 17.7 Å². The molecular weight excluding hydrogens is 518 g/mol. The van der Waals surface area contributed by atoms with Crippen LogP contribution >= 0.6 is 0 Å². The van der Waals surface area contributed by atoms with Crippen LogP contribution in [-0.4, -0.2) is 87.6 Å². The number of amides is 3. The van der Waals surface area contributed by atoms with Crippen LogP contribution in [0.4, 0.5) is 0 Å². The molecule has 3 aliphatic heterocycles. The van der Waals surface area contributed by atoms with E-state index in [1.807, 2.05) is 37.3 Å². The fraction of sp³-hybridized carbons (Fsp3) is 0.606. The van der Waals surface area contributed by atoms with Gasteiger partial charge in [0, 0.05) is 39.3 Å². The van der Waals surface area contributed by atoms with E-state index in [1.54, 1.807) is 26.9 Å². The summed E-state index contributed by atoms with van der Waals surface area (Å²) in [5, 5.41) is 9.44. The lowest BCUT2D eigenvalue weighted by Gasteiger charge is -2.37. The van der Waals surface area contributed by atoms with Crippen LogP contribution in [0.2, 0.25) is 0 Å². The molecule has 4 rings (SSSR count). The first-order valence-corrected chi connectivity index (χ1v) is 15.3. The molecule has 2 unspecified atom stereocenters. The van der Waals surface area contributed by atoms with E-state index in [0.717, 1.165) is 18.4 Å². The SMILES string of the molecule is C=CCN(CCCC)C(=O)C1N(CCCCO)C(=O)[C@@H]2[C@@H](C(=O)N(CC=C)Cc3ccccc3)[C@@]3(CC)CCC12O3. The molecule has 0 aromatic heterocycles. The molecule has 0 saturated carbocycles. The molecular formula is C33H47N3O5. The van der Waals surface area contributed by atoms with E-state index in [0.29, 0.717) is 64.8 Å². The van der Waals surface area contributed by atoms with Crippen LogP contribution in [0.5, 0.6) is 0 Å². The Morgan fingerprint density at radius 2 is 1.76 bits per heavy atom. The normalized spacial score (nSPS) is 28.0. The van der Waals surface area contributed by atoms with Gasteiger partial charge >= 0.3 is 0 Å². The highest BCUT2D eigenvalue weighted by Crippen LogP contribution is 2.64. The van der Waals surface area contributed by atoms with E-state index >= 15 is 0 Å². The summed E-state index contributed by atoms with van der Waals surface area (Å²) in [6.07, 6.45) is 8.09. The van der Waals surface area contributed by atoms with Gasteiger partial charge in [-0.05, 0) is 44.1 Å². The standard InChI is InChI=1S/C33H47N3O5/c1-5-9-21-34(19-6-2)31(40)28-33-18-17-32(8-4,41-33)26(27(33)30(39)36(28)22-13-14-23-37)29(38)35(20-7-3)24-25-15-11-10-12-16-25/h6-7,10-12,15-16,26-28,37H,2-3,5,8-9,13-14,17-24H2,1,4H3/t26-,27-,28?,32+,33?/m0/s1. The molecule has 2 bridgehead atoms. The maximum Gasteiger partial charge on any atom is 0.248 e. The first-order valence-electron chi connectivity index (χ1n) is 15.3. The molecule has 3 saturated heterocycles. The molecule has 3 heterocycles. The summed E-state index contributed by atoms with van der Waals surface area (Å²) < 4.78 is 6.95. The third kappa shape index (κ3) is 5.61. The van der Waals surface area contributed by atoms with Crippen molar-refractivity contribution in [3.05, 3.63) is 61.2 Å². The van der Waals surface area contributed by atoms with Crippen molar-refractivity contribution in [1.82, 2.24) is 14.7 Å². The number of likely N-dealkylation sites (tertiary alicyclic amines) is 1. The minimum absolute atomic E-state index is 0.0147. The predicted octanol–water partition coefficient (Wildman–Crippen LogP) is 3.94. The predicted molar refractivity (Wildman–Crippen MR) is 159 cm³/mol. The third-order valence-electron chi connectivity index (χ3n) is 9.31. The molecule has 1 aromatic rings. The maximum atomic E-state index is 14.5. The van der Waals surface area contributed by atoms with E-state index in [-0.39, 0.29) is 24.3 Å². The van der Waals surface area contributed by atoms with Crippen LogP contribution in [0.15, 0.2) is 55.6 Å². The molecule has 41 heavy (non-hydrogen) atoms. The molecule has 1 N–H and O–H groups in total. The highest BCUT2D eigenvalue weighted by molar-refractivity contribution is 5.99. The Kier molecular flexibility index (Phi) is 10.1. The van der Waals surface area contributed by atoms with Gasteiger partial charge in [0.25, 0.3) is 0 Å². The van der Waals surface area contributed by atoms with Crippen molar-refractivity contribution in [3.8, 4) is 0 Å².